The van der Waals surface area contributed by atoms with E-state index >= 15 is 0 Å². The Morgan fingerprint density at radius 3 is 2.44 bits per heavy atom. The molecule has 1 heterocycles. The number of nitrogens with one attached hydrogen (secondary N) is 1. The molecule has 0 aromatic carbocycles. The number of carbonyl (C=O) groups excluding carboxylic acids is 1. The van der Waals surface area contributed by atoms with Gasteiger partial charge in [-0.15, -0.1) is 0 Å². The second kappa shape index (κ2) is 4.82. The second-order valence-electron chi connectivity index (χ2n) is 4.78. The number of aliphatic carboxylic acids is 1. The molecule has 0 aromatic heterocycles. The number of carboxylic acid groups (broad SMARTS) is 1. The lowest BCUT2D eigenvalue weighted by Gasteiger charge is -2.36. The molecule has 1 amide bonds. The third-order valence-corrected chi connectivity index (χ3v) is 3.39. The van der Waals surface area contributed by atoms with Crippen molar-refractivity contribution < 1.29 is 14.7 Å². The van der Waals surface area contributed by atoms with Crippen LogP contribution in [-0.2, 0) is 9.59 Å². The SMILES string of the molecule is O=C(CN1CC(C(=O)O)C1)NC1CCCC1. The Labute approximate surface area is 94.8 Å². The van der Waals surface area contributed by atoms with E-state index < -0.39 is 5.97 Å². The van der Waals surface area contributed by atoms with Crippen LogP contribution in [0.2, 0.25) is 0 Å². The zero-order valence-electron chi connectivity index (χ0n) is 9.32. The zero-order chi connectivity index (χ0) is 11.5. The van der Waals surface area contributed by atoms with E-state index in [0.717, 1.165) is 12.8 Å². The Balaban J connectivity index is 1.63. The molecule has 0 aromatic rings. The maximum Gasteiger partial charge on any atom is 0.309 e. The minimum absolute atomic E-state index is 0.0377. The molecule has 0 bridgehead atoms. The van der Waals surface area contributed by atoms with Gasteiger partial charge in [0.15, 0.2) is 0 Å². The first-order valence-electron chi connectivity index (χ1n) is 5.89. The third-order valence-electron chi connectivity index (χ3n) is 3.39. The van der Waals surface area contributed by atoms with E-state index in [1.165, 1.54) is 12.8 Å². The van der Waals surface area contributed by atoms with Crippen LogP contribution in [0.4, 0.5) is 0 Å². The number of rotatable bonds is 4. The summed E-state index contributed by atoms with van der Waals surface area (Å²) in [7, 11) is 0. The van der Waals surface area contributed by atoms with Crippen LogP contribution < -0.4 is 5.32 Å². The van der Waals surface area contributed by atoms with E-state index in [1.54, 1.807) is 0 Å². The number of amides is 1. The Morgan fingerprint density at radius 1 is 1.25 bits per heavy atom. The number of carbonyl (C=O) groups is 2. The smallest absolute Gasteiger partial charge is 0.309 e. The summed E-state index contributed by atoms with van der Waals surface area (Å²) < 4.78 is 0. The Hall–Kier alpha value is -1.10. The number of nitrogens with zero attached hydrogens (tertiary/aromatic N) is 1. The molecule has 16 heavy (non-hydrogen) atoms. The molecule has 90 valence electrons. The highest BCUT2D eigenvalue weighted by atomic mass is 16.4. The summed E-state index contributed by atoms with van der Waals surface area (Å²) in [6, 6.07) is 0.351. The molecule has 1 aliphatic carbocycles. The molecule has 0 atom stereocenters. The van der Waals surface area contributed by atoms with Crippen LogP contribution in [0.3, 0.4) is 0 Å². The van der Waals surface area contributed by atoms with Gasteiger partial charge in [-0.25, -0.2) is 0 Å². The molecule has 5 nitrogen and oxygen atoms in total. The van der Waals surface area contributed by atoms with Crippen molar-refractivity contribution in [1.82, 2.24) is 10.2 Å². The van der Waals surface area contributed by atoms with Crippen LogP contribution >= 0.6 is 0 Å². The van der Waals surface area contributed by atoms with Gasteiger partial charge in [0.05, 0.1) is 12.5 Å². The topological polar surface area (TPSA) is 69.6 Å². The van der Waals surface area contributed by atoms with E-state index in [2.05, 4.69) is 5.32 Å². The first kappa shape index (κ1) is 11.4. The minimum atomic E-state index is -0.757. The predicted octanol–water partition coefficient (Wildman–Crippen LogP) is 0.0616. The highest BCUT2D eigenvalue weighted by Gasteiger charge is 2.33. The van der Waals surface area contributed by atoms with Crippen molar-refractivity contribution in [2.24, 2.45) is 5.92 Å². The van der Waals surface area contributed by atoms with Crippen molar-refractivity contribution in [2.45, 2.75) is 31.7 Å². The average Bonchev–Trinajstić information content (AvgIpc) is 2.62. The van der Waals surface area contributed by atoms with Crippen molar-refractivity contribution in [3.8, 4) is 0 Å². The van der Waals surface area contributed by atoms with Gasteiger partial charge in [0.1, 0.15) is 0 Å². The van der Waals surface area contributed by atoms with Crippen LogP contribution in [0.5, 0.6) is 0 Å². The van der Waals surface area contributed by atoms with Gasteiger partial charge in [-0.05, 0) is 12.8 Å². The van der Waals surface area contributed by atoms with Crippen molar-refractivity contribution in [3.63, 3.8) is 0 Å². The molecule has 2 rings (SSSR count). The Bertz CT molecular complexity index is 281. The summed E-state index contributed by atoms with van der Waals surface area (Å²) in [6.07, 6.45) is 4.58. The summed E-state index contributed by atoms with van der Waals surface area (Å²) in [5.41, 5.74) is 0. The van der Waals surface area contributed by atoms with Gasteiger partial charge in [-0.2, -0.15) is 0 Å². The summed E-state index contributed by atoms with van der Waals surface area (Å²) in [6.45, 7) is 1.36. The molecule has 0 radical (unpaired) electrons. The normalized spacial score (nSPS) is 23.0. The van der Waals surface area contributed by atoms with Gasteiger partial charge in [-0.3, -0.25) is 14.5 Å². The summed E-state index contributed by atoms with van der Waals surface area (Å²) in [5, 5.41) is 11.7. The van der Waals surface area contributed by atoms with Crippen LogP contribution in [0.25, 0.3) is 0 Å². The standard InChI is InChI=1S/C11H18N2O3/c14-10(12-9-3-1-2-4-9)7-13-5-8(6-13)11(15)16/h8-9H,1-7H2,(H,12,14)(H,15,16). The van der Waals surface area contributed by atoms with Crippen molar-refractivity contribution in [3.05, 3.63) is 0 Å². The fraction of sp³-hybridized carbons (Fsp3) is 0.818. The van der Waals surface area contributed by atoms with Gasteiger partial charge < -0.3 is 10.4 Å². The van der Waals surface area contributed by atoms with Crippen molar-refractivity contribution in [2.75, 3.05) is 19.6 Å². The number of hydrogen-bond acceptors (Lipinski definition) is 3. The molecule has 1 aliphatic heterocycles. The maximum absolute atomic E-state index is 11.6. The van der Waals surface area contributed by atoms with Gasteiger partial charge in [0.2, 0.25) is 5.91 Å². The highest BCUT2D eigenvalue weighted by Crippen LogP contribution is 2.18. The lowest BCUT2D eigenvalue weighted by Crippen LogP contribution is -2.54. The van der Waals surface area contributed by atoms with Crippen molar-refractivity contribution in [1.29, 1.82) is 0 Å². The minimum Gasteiger partial charge on any atom is -0.481 e. The molecule has 1 saturated heterocycles. The number of carboxylic acids is 1. The molecular formula is C11H18N2O3. The number of hydrogen-bond donors (Lipinski definition) is 2. The van der Waals surface area contributed by atoms with Gasteiger partial charge in [-0.1, -0.05) is 12.8 Å². The molecule has 2 fully saturated rings. The lowest BCUT2D eigenvalue weighted by molar-refractivity contribution is -0.148. The molecule has 2 aliphatic rings. The van der Waals surface area contributed by atoms with Gasteiger partial charge >= 0.3 is 5.97 Å². The maximum atomic E-state index is 11.6. The monoisotopic (exact) mass is 226 g/mol. The highest BCUT2D eigenvalue weighted by molar-refractivity contribution is 5.79. The van der Waals surface area contributed by atoms with E-state index in [9.17, 15) is 9.59 Å². The lowest BCUT2D eigenvalue weighted by atomic mass is 10.0. The molecular weight excluding hydrogens is 208 g/mol. The average molecular weight is 226 g/mol. The van der Waals surface area contributed by atoms with E-state index in [1.807, 2.05) is 4.90 Å². The quantitative estimate of drug-likeness (QED) is 0.711. The molecule has 5 heteroatoms. The Morgan fingerprint density at radius 2 is 1.88 bits per heavy atom. The fourth-order valence-corrected chi connectivity index (χ4v) is 2.40. The summed E-state index contributed by atoms with van der Waals surface area (Å²) >= 11 is 0. The fourth-order valence-electron chi connectivity index (χ4n) is 2.40. The summed E-state index contributed by atoms with van der Waals surface area (Å²) in [5.74, 6) is -0.998. The van der Waals surface area contributed by atoms with Crippen LogP contribution in [0, 0.1) is 5.92 Å². The zero-order valence-corrected chi connectivity index (χ0v) is 9.32. The Kier molecular flexibility index (Phi) is 3.43. The van der Waals surface area contributed by atoms with Gasteiger partial charge in [0, 0.05) is 19.1 Å². The summed E-state index contributed by atoms with van der Waals surface area (Å²) in [4.78, 5) is 24.0. The molecule has 0 spiro atoms. The van der Waals surface area contributed by atoms with Crippen molar-refractivity contribution >= 4 is 11.9 Å². The molecule has 2 N–H and O–H groups in total. The number of likely N-dealkylation sites (tertiary alicyclic amines) is 1. The largest absolute Gasteiger partial charge is 0.481 e. The second-order valence-corrected chi connectivity index (χ2v) is 4.78. The molecule has 0 unspecified atom stereocenters. The predicted molar refractivity (Wildman–Crippen MR) is 58.0 cm³/mol. The van der Waals surface area contributed by atoms with Crippen LogP contribution in [0.1, 0.15) is 25.7 Å². The molecule has 1 saturated carbocycles. The van der Waals surface area contributed by atoms with E-state index in [-0.39, 0.29) is 11.8 Å². The first-order valence-corrected chi connectivity index (χ1v) is 5.89. The third kappa shape index (κ3) is 2.72. The van der Waals surface area contributed by atoms with Crippen LogP contribution in [0.15, 0.2) is 0 Å². The van der Waals surface area contributed by atoms with Crippen LogP contribution in [-0.4, -0.2) is 47.6 Å². The van der Waals surface area contributed by atoms with Gasteiger partial charge in [0.25, 0.3) is 0 Å². The van der Waals surface area contributed by atoms with E-state index in [0.29, 0.717) is 25.7 Å². The first-order chi connectivity index (χ1) is 7.65. The van der Waals surface area contributed by atoms with E-state index in [4.69, 9.17) is 5.11 Å².